The van der Waals surface area contributed by atoms with Gasteiger partial charge in [0, 0.05) is 18.9 Å². The van der Waals surface area contributed by atoms with Gasteiger partial charge in [0.15, 0.2) is 11.2 Å². The molecule has 0 spiro atoms. The normalized spacial score (nSPS) is 32.8. The van der Waals surface area contributed by atoms with Gasteiger partial charge >= 0.3 is 0 Å². The van der Waals surface area contributed by atoms with Crippen LogP contribution in [-0.4, -0.2) is 59.3 Å². The smallest absolute Gasteiger partial charge is 0.285 e. The molecule has 4 rings (SSSR count). The molecule has 24 heavy (non-hydrogen) atoms. The molecule has 2 aliphatic heterocycles. The fraction of sp³-hybridized carbons (Fsp3) is 0.643. The summed E-state index contributed by atoms with van der Waals surface area (Å²) in [6.07, 6.45) is -0.891. The first-order valence-electron chi connectivity index (χ1n) is 7.87. The van der Waals surface area contributed by atoms with Crippen molar-refractivity contribution in [2.75, 3.05) is 11.9 Å². The van der Waals surface area contributed by atoms with Crippen molar-refractivity contribution in [3.63, 3.8) is 0 Å². The van der Waals surface area contributed by atoms with E-state index in [0.717, 1.165) is 0 Å². The fourth-order valence-electron chi connectivity index (χ4n) is 3.32. The summed E-state index contributed by atoms with van der Waals surface area (Å²) in [5, 5.41) is 32.3. The highest BCUT2D eigenvalue weighted by atomic mass is 16.5. The van der Waals surface area contributed by atoms with Gasteiger partial charge in [0.1, 0.15) is 18.6 Å². The van der Waals surface area contributed by atoms with Gasteiger partial charge in [-0.1, -0.05) is 0 Å². The van der Waals surface area contributed by atoms with Gasteiger partial charge in [0.05, 0.1) is 19.0 Å². The molecule has 4 heterocycles. The zero-order valence-corrected chi connectivity index (χ0v) is 13.0. The van der Waals surface area contributed by atoms with Gasteiger partial charge in [-0.05, 0) is 6.92 Å². The number of aromatic nitrogens is 4. The van der Waals surface area contributed by atoms with Gasteiger partial charge in [-0.3, -0.25) is 9.36 Å². The molecular formula is C14H19N5O5. The molecule has 5 atom stereocenters. The number of nitrogens with zero attached hydrogens (tertiary/aromatic N) is 4. The summed E-state index contributed by atoms with van der Waals surface area (Å²) in [7, 11) is 0. The average molecular weight is 337 g/mol. The van der Waals surface area contributed by atoms with Crippen LogP contribution in [0.1, 0.15) is 32.2 Å². The van der Waals surface area contributed by atoms with E-state index < -0.39 is 30.2 Å². The molecule has 0 aromatic carbocycles. The van der Waals surface area contributed by atoms with Crippen molar-refractivity contribution in [2.45, 2.75) is 50.5 Å². The van der Waals surface area contributed by atoms with Crippen molar-refractivity contribution in [2.24, 2.45) is 0 Å². The van der Waals surface area contributed by atoms with E-state index >= 15 is 0 Å². The van der Waals surface area contributed by atoms with E-state index in [0.29, 0.717) is 12.1 Å². The zero-order chi connectivity index (χ0) is 17.0. The molecule has 4 N–H and O–H groups in total. The van der Waals surface area contributed by atoms with Crippen LogP contribution in [0.3, 0.4) is 0 Å². The van der Waals surface area contributed by atoms with Gasteiger partial charge < -0.3 is 25.4 Å². The van der Waals surface area contributed by atoms with Crippen LogP contribution in [0.2, 0.25) is 0 Å². The Morgan fingerprint density at radius 2 is 2.21 bits per heavy atom. The van der Waals surface area contributed by atoms with Crippen LogP contribution in [0, 0.1) is 0 Å². The van der Waals surface area contributed by atoms with E-state index in [1.54, 1.807) is 4.57 Å². The van der Waals surface area contributed by atoms with Crippen molar-refractivity contribution in [3.05, 3.63) is 16.7 Å². The van der Waals surface area contributed by atoms with Crippen LogP contribution in [0.15, 0.2) is 11.1 Å². The van der Waals surface area contributed by atoms with Crippen molar-refractivity contribution in [3.8, 4) is 0 Å². The Morgan fingerprint density at radius 3 is 2.92 bits per heavy atom. The Kier molecular flexibility index (Phi) is 3.57. The summed E-state index contributed by atoms with van der Waals surface area (Å²) in [5.74, 6) is 0.276. The first-order valence-corrected chi connectivity index (χ1v) is 7.87. The minimum atomic E-state index is -0.950. The summed E-state index contributed by atoms with van der Waals surface area (Å²) in [5.41, 5.74) is 0.00781. The van der Waals surface area contributed by atoms with Crippen LogP contribution in [0.4, 0.5) is 5.95 Å². The molecule has 2 aliphatic rings. The van der Waals surface area contributed by atoms with Crippen LogP contribution < -0.4 is 10.9 Å². The summed E-state index contributed by atoms with van der Waals surface area (Å²) < 4.78 is 8.37. The molecule has 2 aromatic rings. The Morgan fingerprint density at radius 1 is 1.42 bits per heavy atom. The van der Waals surface area contributed by atoms with Crippen molar-refractivity contribution in [1.29, 1.82) is 0 Å². The van der Waals surface area contributed by atoms with Crippen LogP contribution in [0.5, 0.6) is 0 Å². The van der Waals surface area contributed by atoms with Crippen LogP contribution in [-0.2, 0) is 4.74 Å². The fourth-order valence-corrected chi connectivity index (χ4v) is 3.32. The third kappa shape index (κ3) is 2.22. The third-order valence-corrected chi connectivity index (χ3v) is 4.56. The second-order valence-corrected chi connectivity index (χ2v) is 6.31. The standard InChI is InChI=1S/C14H19N5O5/c1-6-2-9(22)19-13(23)11-12(17-14(19)16-6)18(5-15-11)10-3-7(21)8(4-20)24-10/h5-10,20-22H,2-4H2,1H3,(H,16,17)/t6-,7+,8-,9-,10-/m1/s1. The highest BCUT2D eigenvalue weighted by molar-refractivity contribution is 5.71. The molecule has 10 nitrogen and oxygen atoms in total. The highest BCUT2D eigenvalue weighted by Crippen LogP contribution is 2.31. The van der Waals surface area contributed by atoms with E-state index in [9.17, 15) is 20.1 Å². The first kappa shape index (κ1) is 15.5. The molecule has 2 aromatic heterocycles. The van der Waals surface area contributed by atoms with E-state index in [1.165, 1.54) is 10.9 Å². The molecule has 130 valence electrons. The van der Waals surface area contributed by atoms with Crippen molar-refractivity contribution >= 4 is 17.1 Å². The summed E-state index contributed by atoms with van der Waals surface area (Å²) in [4.78, 5) is 21.2. The molecule has 0 bridgehead atoms. The topological polar surface area (TPSA) is 135 Å². The van der Waals surface area contributed by atoms with Gasteiger partial charge in [-0.15, -0.1) is 0 Å². The number of imidazole rings is 1. The second-order valence-electron chi connectivity index (χ2n) is 6.31. The van der Waals surface area contributed by atoms with Gasteiger partial charge in [-0.2, -0.15) is 4.98 Å². The number of hydrogen-bond donors (Lipinski definition) is 4. The Hall–Kier alpha value is -2.01. The number of fused-ring (bicyclic) bond motifs is 2. The first-order chi connectivity index (χ1) is 11.5. The number of ether oxygens (including phenoxy) is 1. The van der Waals surface area contributed by atoms with E-state index in [2.05, 4.69) is 15.3 Å². The Balaban J connectivity index is 1.82. The minimum absolute atomic E-state index is 0.0240. The maximum absolute atomic E-state index is 12.6. The zero-order valence-electron chi connectivity index (χ0n) is 13.0. The maximum atomic E-state index is 12.6. The van der Waals surface area contributed by atoms with E-state index in [1.807, 2.05) is 6.92 Å². The second kappa shape index (κ2) is 5.52. The lowest BCUT2D eigenvalue weighted by Gasteiger charge is -2.28. The molecule has 0 aliphatic carbocycles. The number of aliphatic hydroxyl groups is 3. The number of nitrogens with one attached hydrogen (secondary N) is 1. The Labute approximate surface area is 136 Å². The SMILES string of the molecule is C[C@@H]1C[C@@H](O)n2c(nc3c(ncn3[C@H]3C[C@H](O)[C@@H](CO)O3)c2=O)N1. The minimum Gasteiger partial charge on any atom is -0.394 e. The maximum Gasteiger partial charge on any atom is 0.285 e. The molecule has 10 heteroatoms. The monoisotopic (exact) mass is 337 g/mol. The largest absolute Gasteiger partial charge is 0.394 e. The highest BCUT2D eigenvalue weighted by Gasteiger charge is 2.36. The number of anilines is 1. The number of aliphatic hydroxyl groups excluding tert-OH is 3. The summed E-state index contributed by atoms with van der Waals surface area (Å²) >= 11 is 0. The number of hydrogen-bond acceptors (Lipinski definition) is 8. The molecule has 0 saturated carbocycles. The summed E-state index contributed by atoms with van der Waals surface area (Å²) in [6, 6.07) is -0.0240. The van der Waals surface area contributed by atoms with Gasteiger partial charge in [-0.25, -0.2) is 9.55 Å². The van der Waals surface area contributed by atoms with Crippen molar-refractivity contribution in [1.82, 2.24) is 19.1 Å². The molecule has 1 saturated heterocycles. The number of rotatable bonds is 2. The van der Waals surface area contributed by atoms with Crippen LogP contribution in [0.25, 0.3) is 11.2 Å². The average Bonchev–Trinajstić information content (AvgIpc) is 3.09. The van der Waals surface area contributed by atoms with Crippen molar-refractivity contribution < 1.29 is 20.1 Å². The van der Waals surface area contributed by atoms with E-state index in [-0.39, 0.29) is 30.5 Å². The third-order valence-electron chi connectivity index (χ3n) is 4.56. The molecular weight excluding hydrogens is 318 g/mol. The Bertz CT molecular complexity index is 833. The molecule has 1 fully saturated rings. The van der Waals surface area contributed by atoms with Crippen LogP contribution >= 0.6 is 0 Å². The van der Waals surface area contributed by atoms with Gasteiger partial charge in [0.25, 0.3) is 5.56 Å². The lowest BCUT2D eigenvalue weighted by molar-refractivity contribution is -0.0432. The lowest BCUT2D eigenvalue weighted by atomic mass is 10.2. The van der Waals surface area contributed by atoms with Gasteiger partial charge in [0.2, 0.25) is 5.95 Å². The van der Waals surface area contributed by atoms with E-state index in [4.69, 9.17) is 4.74 Å². The predicted octanol–water partition coefficient (Wildman–Crippen LogP) is -1.07. The molecule has 0 amide bonds. The quantitative estimate of drug-likeness (QED) is 0.544. The molecule has 0 radical (unpaired) electrons. The summed E-state index contributed by atoms with van der Waals surface area (Å²) in [6.45, 7) is 1.60. The molecule has 0 unspecified atom stereocenters. The predicted molar refractivity (Wildman–Crippen MR) is 82.4 cm³/mol. The lowest BCUT2D eigenvalue weighted by Crippen LogP contribution is -2.38.